The fourth-order valence-corrected chi connectivity index (χ4v) is 4.97. The number of benzene rings is 2. The summed E-state index contributed by atoms with van der Waals surface area (Å²) < 4.78 is 1.54. The fraction of sp³-hybridized carbons (Fsp3) is 0.200. The van der Waals surface area contributed by atoms with Gasteiger partial charge in [-0.05, 0) is 30.3 Å². The van der Waals surface area contributed by atoms with Crippen LogP contribution in [0, 0.1) is 0 Å². The Morgan fingerprint density at radius 2 is 1.68 bits per heavy atom. The zero-order valence-corrected chi connectivity index (χ0v) is 19.8. The van der Waals surface area contributed by atoms with Gasteiger partial charge < -0.3 is 4.90 Å². The van der Waals surface area contributed by atoms with E-state index in [1.54, 1.807) is 65.7 Å². The summed E-state index contributed by atoms with van der Waals surface area (Å²) in [6, 6.07) is 15.1. The van der Waals surface area contributed by atoms with Gasteiger partial charge in [0.1, 0.15) is 0 Å². The molecule has 0 atom stereocenters. The Morgan fingerprint density at radius 3 is 2.41 bits per heavy atom. The molecular weight excluding hydrogens is 472 g/mol. The van der Waals surface area contributed by atoms with Crippen LogP contribution in [0.15, 0.2) is 71.0 Å². The van der Waals surface area contributed by atoms with Gasteiger partial charge >= 0.3 is 0 Å². The molecule has 1 saturated heterocycles. The first-order valence-corrected chi connectivity index (χ1v) is 12.1. The summed E-state index contributed by atoms with van der Waals surface area (Å²) in [5.41, 5.74) is 1.91. The molecule has 0 radical (unpaired) electrons. The molecule has 34 heavy (non-hydrogen) atoms. The first kappa shape index (κ1) is 22.5. The summed E-state index contributed by atoms with van der Waals surface area (Å²) in [4.78, 5) is 47.8. The Kier molecular flexibility index (Phi) is 6.28. The lowest BCUT2D eigenvalue weighted by molar-refractivity contribution is 0.0624. The summed E-state index contributed by atoms with van der Waals surface area (Å²) in [5.74, 6) is -0.366. The molecule has 0 aliphatic carbocycles. The number of halogens is 1. The van der Waals surface area contributed by atoms with Crippen LogP contribution in [0.4, 0.5) is 0 Å². The Hall–Kier alpha value is -3.33. The molecule has 1 aliphatic heterocycles. The lowest BCUT2D eigenvalue weighted by Crippen LogP contribution is -2.48. The van der Waals surface area contributed by atoms with Gasteiger partial charge in [0.25, 0.3) is 11.5 Å². The third-order valence-corrected chi connectivity index (χ3v) is 6.92. The number of rotatable bonds is 5. The highest BCUT2D eigenvalue weighted by molar-refractivity contribution is 7.15. The smallest absolute Gasteiger partial charge is 0.258 e. The average Bonchev–Trinajstić information content (AvgIpc) is 3.33. The molecule has 0 spiro atoms. The van der Waals surface area contributed by atoms with Crippen LogP contribution in [0.1, 0.15) is 32.0 Å². The first-order chi connectivity index (χ1) is 16.5. The van der Waals surface area contributed by atoms with Crippen LogP contribution in [-0.4, -0.2) is 57.1 Å². The summed E-state index contributed by atoms with van der Waals surface area (Å²) in [6.45, 7) is 2.93. The maximum absolute atomic E-state index is 13.3. The van der Waals surface area contributed by atoms with Crippen molar-refractivity contribution in [2.75, 3.05) is 26.2 Å². The van der Waals surface area contributed by atoms with Crippen molar-refractivity contribution in [2.45, 2.75) is 6.54 Å². The summed E-state index contributed by atoms with van der Waals surface area (Å²) in [6.07, 6.45) is 1.72. The number of piperazine rings is 1. The second-order valence-electron chi connectivity index (χ2n) is 8.09. The van der Waals surface area contributed by atoms with Gasteiger partial charge in [0.05, 0.1) is 11.3 Å². The minimum absolute atomic E-state index is 0.0861. The molecule has 9 heteroatoms. The molecular formula is C25H21ClN4O3S. The van der Waals surface area contributed by atoms with Gasteiger partial charge in [0.2, 0.25) is 0 Å². The van der Waals surface area contributed by atoms with Crippen LogP contribution in [0.5, 0.6) is 0 Å². The van der Waals surface area contributed by atoms with Crippen LogP contribution in [0.2, 0.25) is 5.02 Å². The zero-order valence-electron chi connectivity index (χ0n) is 18.2. The Labute approximate surface area is 204 Å². The predicted molar refractivity (Wildman–Crippen MR) is 132 cm³/mol. The number of ketones is 1. The number of thiazole rings is 1. The van der Waals surface area contributed by atoms with E-state index in [-0.39, 0.29) is 17.2 Å². The monoisotopic (exact) mass is 492 g/mol. The molecule has 172 valence electrons. The SMILES string of the molecule is O=C(c1ccc(Cl)cc1)c1ccccc1C(=O)N1CCN(Cc2cc(=O)n3ccsc3n2)CC1. The molecule has 3 heterocycles. The van der Waals surface area contributed by atoms with Crippen molar-refractivity contribution in [3.63, 3.8) is 0 Å². The number of aromatic nitrogens is 2. The number of carbonyl (C=O) groups is 2. The normalized spacial score (nSPS) is 14.4. The minimum Gasteiger partial charge on any atom is -0.336 e. The lowest BCUT2D eigenvalue weighted by Gasteiger charge is -2.34. The summed E-state index contributed by atoms with van der Waals surface area (Å²) in [5, 5.41) is 2.39. The van der Waals surface area contributed by atoms with E-state index < -0.39 is 0 Å². The van der Waals surface area contributed by atoms with Gasteiger partial charge in [-0.25, -0.2) is 4.98 Å². The topological polar surface area (TPSA) is 75.0 Å². The highest BCUT2D eigenvalue weighted by Gasteiger charge is 2.26. The van der Waals surface area contributed by atoms with Crippen molar-refractivity contribution in [2.24, 2.45) is 0 Å². The number of hydrogen-bond donors (Lipinski definition) is 0. The zero-order chi connectivity index (χ0) is 23.7. The molecule has 1 fully saturated rings. The van der Waals surface area contributed by atoms with E-state index >= 15 is 0 Å². The lowest BCUT2D eigenvalue weighted by atomic mass is 9.97. The second-order valence-corrected chi connectivity index (χ2v) is 9.40. The number of nitrogens with zero attached hydrogens (tertiary/aromatic N) is 4. The number of fused-ring (bicyclic) bond motifs is 1. The van der Waals surface area contributed by atoms with E-state index in [9.17, 15) is 14.4 Å². The maximum Gasteiger partial charge on any atom is 0.258 e. The van der Waals surface area contributed by atoms with Crippen molar-refractivity contribution < 1.29 is 9.59 Å². The Balaban J connectivity index is 1.27. The number of amides is 1. The fourth-order valence-electron chi connectivity index (χ4n) is 4.10. The minimum atomic E-state index is -0.208. The molecule has 5 rings (SSSR count). The molecule has 7 nitrogen and oxygen atoms in total. The van der Waals surface area contributed by atoms with Gasteiger partial charge in [-0.2, -0.15) is 0 Å². The third-order valence-electron chi connectivity index (χ3n) is 5.91. The molecule has 1 aliphatic rings. The van der Waals surface area contributed by atoms with E-state index in [1.807, 2.05) is 5.38 Å². The Bertz CT molecular complexity index is 1420. The Morgan fingerprint density at radius 1 is 0.971 bits per heavy atom. The maximum atomic E-state index is 13.3. The first-order valence-electron chi connectivity index (χ1n) is 10.9. The van der Waals surface area contributed by atoms with E-state index in [1.165, 1.54) is 15.7 Å². The molecule has 4 aromatic rings. The molecule has 1 amide bonds. The predicted octanol–water partition coefficient (Wildman–Crippen LogP) is 3.60. The third kappa shape index (κ3) is 4.52. The van der Waals surface area contributed by atoms with Crippen LogP contribution < -0.4 is 5.56 Å². The van der Waals surface area contributed by atoms with Gasteiger partial charge in [-0.3, -0.25) is 23.7 Å². The molecule has 0 bridgehead atoms. The highest BCUT2D eigenvalue weighted by atomic mass is 35.5. The van der Waals surface area contributed by atoms with E-state index in [2.05, 4.69) is 9.88 Å². The van der Waals surface area contributed by atoms with Crippen molar-refractivity contribution in [1.82, 2.24) is 19.2 Å². The quantitative estimate of drug-likeness (QED) is 0.398. The van der Waals surface area contributed by atoms with E-state index in [4.69, 9.17) is 11.6 Å². The van der Waals surface area contributed by atoms with Crippen molar-refractivity contribution >= 4 is 39.6 Å². The highest BCUT2D eigenvalue weighted by Crippen LogP contribution is 2.19. The van der Waals surface area contributed by atoms with Crippen molar-refractivity contribution in [1.29, 1.82) is 0 Å². The molecule has 0 N–H and O–H groups in total. The van der Waals surface area contributed by atoms with Crippen LogP contribution in [0.3, 0.4) is 0 Å². The van der Waals surface area contributed by atoms with Gasteiger partial charge in [-0.1, -0.05) is 29.8 Å². The summed E-state index contributed by atoms with van der Waals surface area (Å²) in [7, 11) is 0. The van der Waals surface area contributed by atoms with E-state index in [0.29, 0.717) is 59.4 Å². The summed E-state index contributed by atoms with van der Waals surface area (Å²) >= 11 is 7.37. The molecule has 0 unspecified atom stereocenters. The number of carbonyl (C=O) groups excluding carboxylic acids is 2. The standard InChI is InChI=1S/C25H21ClN4O3S/c26-18-7-5-17(6-8-18)23(32)20-3-1-2-4-21(20)24(33)29-11-9-28(10-12-29)16-19-15-22(31)30-13-14-34-25(30)27-19/h1-8,13-15H,9-12,16H2. The van der Waals surface area contributed by atoms with Gasteiger partial charge in [0, 0.05) is 66.5 Å². The second kappa shape index (κ2) is 9.50. The van der Waals surface area contributed by atoms with E-state index in [0.717, 1.165) is 5.69 Å². The largest absolute Gasteiger partial charge is 0.336 e. The van der Waals surface area contributed by atoms with Crippen molar-refractivity contribution in [3.05, 3.63) is 104 Å². The van der Waals surface area contributed by atoms with Gasteiger partial charge in [0.15, 0.2) is 10.7 Å². The average molecular weight is 493 g/mol. The van der Waals surface area contributed by atoms with Gasteiger partial charge in [-0.15, -0.1) is 11.3 Å². The van der Waals surface area contributed by atoms with Crippen LogP contribution in [0.25, 0.3) is 4.96 Å². The molecule has 2 aromatic heterocycles. The molecule has 2 aromatic carbocycles. The van der Waals surface area contributed by atoms with Crippen LogP contribution in [-0.2, 0) is 6.54 Å². The number of hydrogen-bond acceptors (Lipinski definition) is 6. The molecule has 0 saturated carbocycles. The van der Waals surface area contributed by atoms with Crippen molar-refractivity contribution in [3.8, 4) is 0 Å². The van der Waals surface area contributed by atoms with Crippen LogP contribution >= 0.6 is 22.9 Å².